The Labute approximate surface area is 103 Å². The highest BCUT2D eigenvalue weighted by atomic mass is 31.2. The first-order valence-electron chi connectivity index (χ1n) is 4.91. The minimum absolute atomic E-state index is 0.365. The standard InChI is InChI=1S/C8H16NO8P/c1-5(17-6(2)10)3-15-18(13,14)16-4-7(9)8(11)12/h5,7H,3-4,9H2,1-2H3,(H,11,12)(H,13,14)/t5-,7+/m1/s1. The van der Waals surface area contributed by atoms with E-state index in [0.29, 0.717) is 0 Å². The number of aliphatic carboxylic acids is 1. The van der Waals surface area contributed by atoms with Crippen molar-refractivity contribution in [2.75, 3.05) is 13.2 Å². The maximum absolute atomic E-state index is 11.3. The van der Waals surface area contributed by atoms with Gasteiger partial charge in [0.05, 0.1) is 13.2 Å². The van der Waals surface area contributed by atoms with Crippen molar-refractivity contribution in [2.24, 2.45) is 5.73 Å². The van der Waals surface area contributed by atoms with Crippen molar-refractivity contribution < 1.29 is 37.9 Å². The Kier molecular flexibility index (Phi) is 7.04. The van der Waals surface area contributed by atoms with Crippen LogP contribution in [0.2, 0.25) is 0 Å². The molecule has 0 saturated carbocycles. The number of rotatable bonds is 8. The summed E-state index contributed by atoms with van der Waals surface area (Å²) in [6, 6.07) is -1.43. The van der Waals surface area contributed by atoms with Crippen molar-refractivity contribution >= 4 is 19.8 Å². The SMILES string of the molecule is CC(=O)O[C@H](C)COP(=O)(O)OC[C@H](N)C(=O)O. The van der Waals surface area contributed by atoms with Crippen molar-refractivity contribution in [3.05, 3.63) is 0 Å². The van der Waals surface area contributed by atoms with Crippen molar-refractivity contribution in [1.82, 2.24) is 0 Å². The normalized spacial score (nSPS) is 17.6. The Bertz CT molecular complexity index is 346. The summed E-state index contributed by atoms with van der Waals surface area (Å²) < 4.78 is 24.7. The van der Waals surface area contributed by atoms with Crippen molar-refractivity contribution in [3.8, 4) is 0 Å². The molecule has 0 amide bonds. The molecular formula is C8H16NO8P. The fourth-order valence-electron chi connectivity index (χ4n) is 0.800. The maximum atomic E-state index is 11.3. The van der Waals surface area contributed by atoms with E-state index in [1.165, 1.54) is 13.8 Å². The van der Waals surface area contributed by atoms with E-state index in [1.807, 2.05) is 0 Å². The molecule has 0 radical (unpaired) electrons. The lowest BCUT2D eigenvalue weighted by Crippen LogP contribution is -2.34. The Morgan fingerprint density at radius 3 is 2.28 bits per heavy atom. The van der Waals surface area contributed by atoms with E-state index in [4.69, 9.17) is 15.7 Å². The number of ether oxygens (including phenoxy) is 1. The molecule has 0 fully saturated rings. The Balaban J connectivity index is 4.04. The predicted molar refractivity (Wildman–Crippen MR) is 58.6 cm³/mol. The molecule has 0 bridgehead atoms. The summed E-state index contributed by atoms with van der Waals surface area (Å²) in [4.78, 5) is 30.0. The molecule has 4 N–H and O–H groups in total. The lowest BCUT2D eigenvalue weighted by Gasteiger charge is -2.16. The molecule has 0 saturated heterocycles. The Hall–Kier alpha value is -0.990. The molecule has 0 aliphatic heterocycles. The second-order valence-electron chi connectivity index (χ2n) is 3.42. The lowest BCUT2D eigenvalue weighted by molar-refractivity contribution is -0.147. The molecule has 0 heterocycles. The van der Waals surface area contributed by atoms with Gasteiger partial charge in [-0.15, -0.1) is 0 Å². The largest absolute Gasteiger partial charge is 0.480 e. The van der Waals surface area contributed by atoms with Gasteiger partial charge in [0.1, 0.15) is 12.1 Å². The van der Waals surface area contributed by atoms with E-state index >= 15 is 0 Å². The number of carboxylic acids is 1. The number of carbonyl (C=O) groups is 2. The minimum Gasteiger partial charge on any atom is -0.480 e. The van der Waals surface area contributed by atoms with Crippen LogP contribution in [0.1, 0.15) is 13.8 Å². The van der Waals surface area contributed by atoms with Crippen molar-refractivity contribution in [2.45, 2.75) is 26.0 Å². The lowest BCUT2D eigenvalue weighted by atomic mass is 10.3. The van der Waals surface area contributed by atoms with Crippen LogP contribution in [-0.2, 0) is 27.9 Å². The summed E-state index contributed by atoms with van der Waals surface area (Å²) in [6.07, 6.45) is -0.736. The van der Waals surface area contributed by atoms with Gasteiger partial charge in [-0.1, -0.05) is 0 Å². The van der Waals surface area contributed by atoms with Crippen LogP contribution < -0.4 is 5.73 Å². The van der Waals surface area contributed by atoms with Crippen LogP contribution in [0.3, 0.4) is 0 Å². The van der Waals surface area contributed by atoms with Gasteiger partial charge in [-0.05, 0) is 6.92 Å². The number of carbonyl (C=O) groups excluding carboxylic acids is 1. The van der Waals surface area contributed by atoms with Crippen LogP contribution in [0, 0.1) is 0 Å². The van der Waals surface area contributed by atoms with Gasteiger partial charge in [-0.3, -0.25) is 18.6 Å². The molecule has 0 aromatic rings. The van der Waals surface area contributed by atoms with Gasteiger partial charge in [0.15, 0.2) is 0 Å². The first-order chi connectivity index (χ1) is 8.14. The smallest absolute Gasteiger partial charge is 0.472 e. The summed E-state index contributed by atoms with van der Waals surface area (Å²) in [5.74, 6) is -1.93. The summed E-state index contributed by atoms with van der Waals surface area (Å²) in [5, 5.41) is 8.42. The molecule has 0 aromatic heterocycles. The fraction of sp³-hybridized carbons (Fsp3) is 0.750. The maximum Gasteiger partial charge on any atom is 0.472 e. The van der Waals surface area contributed by atoms with Crippen LogP contribution >= 0.6 is 7.82 Å². The fourth-order valence-corrected chi connectivity index (χ4v) is 1.62. The van der Waals surface area contributed by atoms with Gasteiger partial charge < -0.3 is 20.5 Å². The molecule has 1 unspecified atom stereocenters. The van der Waals surface area contributed by atoms with Crippen LogP contribution in [0.4, 0.5) is 0 Å². The molecule has 18 heavy (non-hydrogen) atoms. The molecule has 0 aliphatic rings. The van der Waals surface area contributed by atoms with Gasteiger partial charge >= 0.3 is 19.8 Å². The molecule has 0 aromatic carbocycles. The highest BCUT2D eigenvalue weighted by molar-refractivity contribution is 7.47. The molecule has 3 atom stereocenters. The van der Waals surface area contributed by atoms with Crippen LogP contribution in [0.25, 0.3) is 0 Å². The van der Waals surface area contributed by atoms with Crippen LogP contribution in [0.5, 0.6) is 0 Å². The number of esters is 1. The molecule has 0 spiro atoms. The predicted octanol–water partition coefficient (Wildman–Crippen LogP) is -0.516. The van der Waals surface area contributed by atoms with E-state index in [0.717, 1.165) is 0 Å². The third-order valence-electron chi connectivity index (χ3n) is 1.57. The zero-order valence-electron chi connectivity index (χ0n) is 9.94. The topological polar surface area (TPSA) is 145 Å². The molecule has 9 nitrogen and oxygen atoms in total. The zero-order chi connectivity index (χ0) is 14.3. The van der Waals surface area contributed by atoms with Crippen LogP contribution in [-0.4, -0.2) is 47.3 Å². The van der Waals surface area contributed by atoms with Gasteiger partial charge in [0.2, 0.25) is 0 Å². The number of carboxylic acid groups (broad SMARTS) is 1. The average Bonchev–Trinajstić information content (AvgIpc) is 2.22. The summed E-state index contributed by atoms with van der Waals surface area (Å²) in [5.41, 5.74) is 5.06. The Morgan fingerprint density at radius 2 is 1.83 bits per heavy atom. The van der Waals surface area contributed by atoms with E-state index < -0.39 is 38.5 Å². The summed E-state index contributed by atoms with van der Waals surface area (Å²) in [6.45, 7) is 1.59. The summed E-state index contributed by atoms with van der Waals surface area (Å²) in [7, 11) is -4.42. The number of phosphoric acid groups is 1. The molecule has 106 valence electrons. The molecule has 10 heteroatoms. The second kappa shape index (κ2) is 7.45. The highest BCUT2D eigenvalue weighted by Gasteiger charge is 2.25. The zero-order valence-corrected chi connectivity index (χ0v) is 10.8. The second-order valence-corrected chi connectivity index (χ2v) is 4.88. The number of phosphoric ester groups is 1. The molecule has 0 aliphatic carbocycles. The quantitative estimate of drug-likeness (QED) is 0.396. The van der Waals surface area contributed by atoms with Gasteiger partial charge in [-0.25, -0.2) is 4.57 Å². The number of hydrogen-bond donors (Lipinski definition) is 3. The Morgan fingerprint density at radius 1 is 1.33 bits per heavy atom. The van der Waals surface area contributed by atoms with Crippen molar-refractivity contribution in [1.29, 1.82) is 0 Å². The molecular weight excluding hydrogens is 269 g/mol. The van der Waals surface area contributed by atoms with E-state index in [2.05, 4.69) is 13.8 Å². The summed E-state index contributed by atoms with van der Waals surface area (Å²) >= 11 is 0. The third-order valence-corrected chi connectivity index (χ3v) is 2.52. The van der Waals surface area contributed by atoms with Gasteiger partial charge in [-0.2, -0.15) is 0 Å². The third kappa shape index (κ3) is 8.15. The minimum atomic E-state index is -4.42. The monoisotopic (exact) mass is 285 g/mol. The van der Waals surface area contributed by atoms with E-state index in [9.17, 15) is 14.2 Å². The number of nitrogens with two attached hydrogens (primary N) is 1. The first-order valence-corrected chi connectivity index (χ1v) is 6.41. The highest BCUT2D eigenvalue weighted by Crippen LogP contribution is 2.43. The van der Waals surface area contributed by atoms with Crippen LogP contribution in [0.15, 0.2) is 0 Å². The van der Waals surface area contributed by atoms with E-state index in [-0.39, 0.29) is 6.61 Å². The van der Waals surface area contributed by atoms with Gasteiger partial charge in [0.25, 0.3) is 0 Å². The molecule has 0 rings (SSSR count). The first kappa shape index (κ1) is 17.0. The van der Waals surface area contributed by atoms with Crippen molar-refractivity contribution in [3.63, 3.8) is 0 Å². The van der Waals surface area contributed by atoms with E-state index in [1.54, 1.807) is 0 Å². The van der Waals surface area contributed by atoms with Gasteiger partial charge in [0, 0.05) is 6.92 Å². The number of hydrogen-bond acceptors (Lipinski definition) is 7. The average molecular weight is 285 g/mol.